The van der Waals surface area contributed by atoms with Gasteiger partial charge in [-0.1, -0.05) is 17.7 Å². The Balaban J connectivity index is 2.14. The molecule has 0 heterocycles. The molecule has 0 aliphatic rings. The van der Waals surface area contributed by atoms with Crippen LogP contribution < -0.4 is 5.32 Å². The van der Waals surface area contributed by atoms with Crippen LogP contribution in [-0.2, 0) is 14.8 Å². The van der Waals surface area contributed by atoms with Crippen LogP contribution in [0.4, 0.5) is 10.1 Å². The van der Waals surface area contributed by atoms with E-state index in [9.17, 15) is 17.6 Å². The van der Waals surface area contributed by atoms with Crippen molar-refractivity contribution in [1.82, 2.24) is 4.31 Å². The Kier molecular flexibility index (Phi) is 5.82. The predicted octanol–water partition coefficient (Wildman–Crippen LogP) is 3.36. The van der Waals surface area contributed by atoms with Crippen molar-refractivity contribution < 1.29 is 17.6 Å². The summed E-state index contributed by atoms with van der Waals surface area (Å²) in [7, 11) is -2.62. The van der Waals surface area contributed by atoms with Crippen molar-refractivity contribution in [2.75, 3.05) is 18.9 Å². The summed E-state index contributed by atoms with van der Waals surface area (Å²) in [5.41, 5.74) is 2.18. The molecule has 0 unspecified atom stereocenters. The molecule has 0 atom stereocenters. The predicted molar refractivity (Wildman–Crippen MR) is 95.8 cm³/mol. The standard InChI is InChI=1S/C17H18ClFN2O3S/c1-11-8-12(2)17(15(18)9-11)20-16(22)10-21(3)25(23,24)14-6-4-13(19)5-7-14/h4-9H,10H2,1-3H3,(H,20,22). The number of anilines is 1. The molecule has 0 radical (unpaired) electrons. The first-order chi connectivity index (χ1) is 11.6. The fraction of sp³-hybridized carbons (Fsp3) is 0.235. The van der Waals surface area contributed by atoms with E-state index in [4.69, 9.17) is 11.6 Å². The average molecular weight is 385 g/mol. The maximum Gasteiger partial charge on any atom is 0.243 e. The molecule has 1 amide bonds. The Bertz CT molecular complexity index is 876. The third-order valence-electron chi connectivity index (χ3n) is 3.58. The Morgan fingerprint density at radius 3 is 2.36 bits per heavy atom. The smallest absolute Gasteiger partial charge is 0.243 e. The molecule has 1 N–H and O–H groups in total. The van der Waals surface area contributed by atoms with Gasteiger partial charge in [-0.3, -0.25) is 4.79 Å². The van der Waals surface area contributed by atoms with E-state index < -0.39 is 28.3 Å². The van der Waals surface area contributed by atoms with Gasteiger partial charge in [0.25, 0.3) is 0 Å². The number of benzene rings is 2. The number of hydrogen-bond acceptors (Lipinski definition) is 3. The molecule has 0 aliphatic carbocycles. The molecule has 0 saturated carbocycles. The van der Waals surface area contributed by atoms with Crippen LogP contribution in [0.25, 0.3) is 0 Å². The first-order valence-electron chi connectivity index (χ1n) is 7.40. The van der Waals surface area contributed by atoms with Gasteiger partial charge >= 0.3 is 0 Å². The zero-order valence-electron chi connectivity index (χ0n) is 14.0. The topological polar surface area (TPSA) is 66.5 Å². The van der Waals surface area contributed by atoms with Gasteiger partial charge in [0.05, 0.1) is 22.2 Å². The monoisotopic (exact) mass is 384 g/mol. The fourth-order valence-electron chi connectivity index (χ4n) is 2.33. The largest absolute Gasteiger partial charge is 0.323 e. The summed E-state index contributed by atoms with van der Waals surface area (Å²) >= 11 is 6.13. The molecule has 0 fully saturated rings. The van der Waals surface area contributed by atoms with Crippen LogP contribution in [0.1, 0.15) is 11.1 Å². The van der Waals surface area contributed by atoms with E-state index in [1.165, 1.54) is 7.05 Å². The zero-order chi connectivity index (χ0) is 18.8. The lowest BCUT2D eigenvalue weighted by Crippen LogP contribution is -2.35. The van der Waals surface area contributed by atoms with Crippen molar-refractivity contribution in [3.05, 3.63) is 58.4 Å². The third kappa shape index (κ3) is 4.56. The Morgan fingerprint density at radius 2 is 1.80 bits per heavy atom. The number of rotatable bonds is 5. The number of nitrogens with zero attached hydrogens (tertiary/aromatic N) is 1. The summed E-state index contributed by atoms with van der Waals surface area (Å²) in [6.07, 6.45) is 0. The Labute approximate surface area is 151 Å². The highest BCUT2D eigenvalue weighted by Crippen LogP contribution is 2.27. The van der Waals surface area contributed by atoms with E-state index in [1.807, 2.05) is 13.0 Å². The fourth-order valence-corrected chi connectivity index (χ4v) is 3.82. The van der Waals surface area contributed by atoms with Gasteiger partial charge in [-0.2, -0.15) is 4.31 Å². The minimum Gasteiger partial charge on any atom is -0.323 e. The van der Waals surface area contributed by atoms with Crippen LogP contribution in [0.2, 0.25) is 5.02 Å². The molecule has 134 valence electrons. The molecule has 2 rings (SSSR count). The van der Waals surface area contributed by atoms with Crippen molar-refractivity contribution in [3.8, 4) is 0 Å². The summed E-state index contributed by atoms with van der Waals surface area (Å²) in [6, 6.07) is 7.98. The first-order valence-corrected chi connectivity index (χ1v) is 9.21. The van der Waals surface area contributed by atoms with Crippen LogP contribution in [0.3, 0.4) is 0 Å². The number of nitrogens with one attached hydrogen (secondary N) is 1. The van der Waals surface area contributed by atoms with Gasteiger partial charge < -0.3 is 5.32 Å². The van der Waals surface area contributed by atoms with Gasteiger partial charge in [0.15, 0.2) is 0 Å². The van der Waals surface area contributed by atoms with Gasteiger partial charge in [0, 0.05) is 7.05 Å². The summed E-state index contributed by atoms with van der Waals surface area (Å²) in [5, 5.41) is 3.02. The SMILES string of the molecule is Cc1cc(C)c(NC(=O)CN(C)S(=O)(=O)c2ccc(F)cc2)c(Cl)c1. The Hall–Kier alpha value is -1.96. The van der Waals surface area contributed by atoms with Crippen molar-refractivity contribution in [3.63, 3.8) is 0 Å². The Morgan fingerprint density at radius 1 is 1.20 bits per heavy atom. The third-order valence-corrected chi connectivity index (χ3v) is 5.70. The number of sulfonamides is 1. The number of carbonyl (C=O) groups excluding carboxylic acids is 1. The second-order valence-electron chi connectivity index (χ2n) is 5.70. The molecule has 8 heteroatoms. The lowest BCUT2D eigenvalue weighted by atomic mass is 10.1. The van der Waals surface area contributed by atoms with Crippen LogP contribution in [0, 0.1) is 19.7 Å². The highest BCUT2D eigenvalue weighted by Gasteiger charge is 2.23. The van der Waals surface area contributed by atoms with Crippen LogP contribution in [-0.4, -0.2) is 32.2 Å². The van der Waals surface area contributed by atoms with E-state index in [0.29, 0.717) is 10.7 Å². The van der Waals surface area contributed by atoms with Crippen molar-refractivity contribution in [1.29, 1.82) is 0 Å². The molecular formula is C17H18ClFN2O3S. The van der Waals surface area contributed by atoms with Crippen LogP contribution in [0.15, 0.2) is 41.3 Å². The second-order valence-corrected chi connectivity index (χ2v) is 8.15. The van der Waals surface area contributed by atoms with Crippen molar-refractivity contribution >= 4 is 33.2 Å². The van der Waals surface area contributed by atoms with Gasteiger partial charge in [0.1, 0.15) is 5.82 Å². The maximum atomic E-state index is 12.9. The van der Waals surface area contributed by atoms with Crippen LogP contribution >= 0.6 is 11.6 Å². The molecule has 0 spiro atoms. The minimum atomic E-state index is -3.90. The van der Waals surface area contributed by atoms with E-state index in [2.05, 4.69) is 5.32 Å². The van der Waals surface area contributed by atoms with Gasteiger partial charge in [-0.15, -0.1) is 0 Å². The summed E-state index contributed by atoms with van der Waals surface area (Å²) < 4.78 is 38.7. The maximum absolute atomic E-state index is 12.9. The molecule has 0 saturated heterocycles. The number of aryl methyl sites for hydroxylation is 2. The minimum absolute atomic E-state index is 0.0891. The molecule has 5 nitrogen and oxygen atoms in total. The van der Waals surface area contributed by atoms with E-state index >= 15 is 0 Å². The van der Waals surface area contributed by atoms with Gasteiger partial charge in [0.2, 0.25) is 15.9 Å². The summed E-state index contributed by atoms with van der Waals surface area (Å²) in [4.78, 5) is 12.1. The molecular weight excluding hydrogens is 367 g/mol. The van der Waals surface area contributed by atoms with Gasteiger partial charge in [-0.05, 0) is 55.3 Å². The first kappa shape index (κ1) is 19.4. The number of amides is 1. The lowest BCUT2D eigenvalue weighted by molar-refractivity contribution is -0.116. The van der Waals surface area contributed by atoms with E-state index in [1.54, 1.807) is 13.0 Å². The molecule has 0 aliphatic heterocycles. The van der Waals surface area contributed by atoms with Gasteiger partial charge in [-0.25, -0.2) is 12.8 Å². The molecule has 2 aromatic rings. The zero-order valence-corrected chi connectivity index (χ0v) is 15.6. The van der Waals surface area contributed by atoms with Crippen LogP contribution in [0.5, 0.6) is 0 Å². The van der Waals surface area contributed by atoms with E-state index in [-0.39, 0.29) is 4.90 Å². The number of halogens is 2. The number of hydrogen-bond donors (Lipinski definition) is 1. The molecule has 0 bridgehead atoms. The molecule has 0 aromatic heterocycles. The molecule has 2 aromatic carbocycles. The number of likely N-dealkylation sites (N-methyl/N-ethyl adjacent to an activating group) is 1. The second kappa shape index (κ2) is 7.51. The summed E-state index contributed by atoms with van der Waals surface area (Å²) in [5.74, 6) is -1.06. The van der Waals surface area contributed by atoms with Crippen molar-refractivity contribution in [2.24, 2.45) is 0 Å². The summed E-state index contributed by atoms with van der Waals surface area (Å²) in [6.45, 7) is 3.28. The number of carbonyl (C=O) groups is 1. The normalized spacial score (nSPS) is 11.6. The van der Waals surface area contributed by atoms with Crippen molar-refractivity contribution in [2.45, 2.75) is 18.7 Å². The highest BCUT2D eigenvalue weighted by molar-refractivity contribution is 7.89. The quantitative estimate of drug-likeness (QED) is 0.859. The molecule has 25 heavy (non-hydrogen) atoms. The lowest BCUT2D eigenvalue weighted by Gasteiger charge is -2.18. The highest BCUT2D eigenvalue weighted by atomic mass is 35.5. The van der Waals surface area contributed by atoms with E-state index in [0.717, 1.165) is 39.7 Å². The average Bonchev–Trinajstić information content (AvgIpc) is 2.51.